The molecule has 4 rings (SSSR count). The van der Waals surface area contributed by atoms with E-state index in [2.05, 4.69) is 15.3 Å². The van der Waals surface area contributed by atoms with Crippen molar-refractivity contribution in [2.45, 2.75) is 38.1 Å². The van der Waals surface area contributed by atoms with Gasteiger partial charge >= 0.3 is 0 Å². The Hall–Kier alpha value is -2.69. The molecule has 1 unspecified atom stereocenters. The van der Waals surface area contributed by atoms with Crippen LogP contribution in [0.25, 0.3) is 10.9 Å². The topological polar surface area (TPSA) is 57.8 Å². The normalized spacial score (nSPS) is 16.6. The summed E-state index contributed by atoms with van der Waals surface area (Å²) in [6.07, 6.45) is 7.19. The molecule has 0 saturated carbocycles. The minimum absolute atomic E-state index is 0.0586. The molecule has 0 aliphatic heterocycles. The largest absolute Gasteiger partial charge is 0.358 e. The van der Waals surface area contributed by atoms with Gasteiger partial charge in [-0.3, -0.25) is 9.78 Å². The van der Waals surface area contributed by atoms with E-state index in [4.69, 9.17) is 0 Å². The van der Waals surface area contributed by atoms with Crippen LogP contribution in [-0.4, -0.2) is 21.9 Å². The van der Waals surface area contributed by atoms with Crippen LogP contribution in [0.1, 0.15) is 29.7 Å². The van der Waals surface area contributed by atoms with Gasteiger partial charge in [0.15, 0.2) is 0 Å². The summed E-state index contributed by atoms with van der Waals surface area (Å²) in [5.74, 6) is -0.166. The summed E-state index contributed by atoms with van der Waals surface area (Å²) in [6.45, 7) is 0. The fourth-order valence-electron chi connectivity index (χ4n) is 3.62. The molecule has 1 aliphatic rings. The van der Waals surface area contributed by atoms with Crippen LogP contribution in [0.5, 0.6) is 0 Å². The minimum Gasteiger partial charge on any atom is -0.358 e. The second kappa shape index (κ2) is 6.67. The Kier molecular flexibility index (Phi) is 4.22. The lowest BCUT2D eigenvalue weighted by Gasteiger charge is -2.23. The Morgan fingerprint density at radius 2 is 2.28 bits per heavy atom. The lowest BCUT2D eigenvalue weighted by molar-refractivity contribution is -0.121. The van der Waals surface area contributed by atoms with E-state index in [0.717, 1.165) is 41.3 Å². The van der Waals surface area contributed by atoms with Gasteiger partial charge in [0, 0.05) is 41.5 Å². The summed E-state index contributed by atoms with van der Waals surface area (Å²) in [6, 6.07) is 8.81. The SMILES string of the molecule is O=C(CCc1cccnc1)NC1CCc2[nH]c3ccc(F)cc3c2C1. The van der Waals surface area contributed by atoms with Crippen molar-refractivity contribution in [3.8, 4) is 0 Å². The minimum atomic E-state index is -0.225. The van der Waals surface area contributed by atoms with Crippen molar-refractivity contribution in [3.63, 3.8) is 0 Å². The smallest absolute Gasteiger partial charge is 0.220 e. The highest BCUT2D eigenvalue weighted by Gasteiger charge is 2.23. The van der Waals surface area contributed by atoms with Gasteiger partial charge in [-0.2, -0.15) is 0 Å². The molecular weight excluding hydrogens is 317 g/mol. The van der Waals surface area contributed by atoms with Gasteiger partial charge in [-0.1, -0.05) is 6.07 Å². The molecule has 1 atom stereocenters. The summed E-state index contributed by atoms with van der Waals surface area (Å²) in [4.78, 5) is 19.7. The Morgan fingerprint density at radius 1 is 1.36 bits per heavy atom. The molecule has 2 N–H and O–H groups in total. The molecule has 0 spiro atoms. The molecule has 128 valence electrons. The van der Waals surface area contributed by atoms with Crippen LogP contribution in [0.15, 0.2) is 42.7 Å². The number of amides is 1. The van der Waals surface area contributed by atoms with Gasteiger partial charge in [0.2, 0.25) is 5.91 Å². The Morgan fingerprint density at radius 3 is 3.12 bits per heavy atom. The molecule has 2 aromatic heterocycles. The van der Waals surface area contributed by atoms with Crippen LogP contribution in [0.3, 0.4) is 0 Å². The number of fused-ring (bicyclic) bond motifs is 3. The maximum Gasteiger partial charge on any atom is 0.220 e. The number of carbonyl (C=O) groups is 1. The summed E-state index contributed by atoms with van der Waals surface area (Å²) >= 11 is 0. The molecule has 2 heterocycles. The van der Waals surface area contributed by atoms with Gasteiger partial charge in [0.05, 0.1) is 0 Å². The van der Waals surface area contributed by atoms with Gasteiger partial charge in [-0.15, -0.1) is 0 Å². The maximum absolute atomic E-state index is 13.6. The highest BCUT2D eigenvalue weighted by atomic mass is 19.1. The average molecular weight is 337 g/mol. The first-order valence-electron chi connectivity index (χ1n) is 8.66. The van der Waals surface area contributed by atoms with Crippen molar-refractivity contribution in [1.82, 2.24) is 15.3 Å². The zero-order chi connectivity index (χ0) is 17.2. The third-order valence-corrected chi connectivity index (χ3v) is 4.88. The van der Waals surface area contributed by atoms with Crippen LogP contribution in [0.4, 0.5) is 4.39 Å². The molecule has 5 heteroatoms. The number of rotatable bonds is 4. The molecule has 1 amide bonds. The van der Waals surface area contributed by atoms with Crippen LogP contribution in [0.2, 0.25) is 0 Å². The quantitative estimate of drug-likeness (QED) is 0.767. The molecule has 0 radical (unpaired) electrons. The molecule has 3 aromatic rings. The van der Waals surface area contributed by atoms with Crippen molar-refractivity contribution in [2.75, 3.05) is 0 Å². The zero-order valence-electron chi connectivity index (χ0n) is 13.9. The number of aromatic nitrogens is 2. The molecular formula is C20H20FN3O. The first kappa shape index (κ1) is 15.8. The van der Waals surface area contributed by atoms with Crippen molar-refractivity contribution in [2.24, 2.45) is 0 Å². The second-order valence-corrected chi connectivity index (χ2v) is 6.64. The van der Waals surface area contributed by atoms with E-state index in [-0.39, 0.29) is 17.8 Å². The van der Waals surface area contributed by atoms with Gasteiger partial charge in [-0.05, 0) is 61.1 Å². The molecule has 4 nitrogen and oxygen atoms in total. The Bertz CT molecular complexity index is 904. The lowest BCUT2D eigenvalue weighted by atomic mass is 9.91. The Labute approximate surface area is 145 Å². The number of nitrogens with zero attached hydrogens (tertiary/aromatic N) is 1. The van der Waals surface area contributed by atoms with Crippen molar-refractivity contribution in [1.29, 1.82) is 0 Å². The predicted molar refractivity (Wildman–Crippen MR) is 94.8 cm³/mol. The van der Waals surface area contributed by atoms with Gasteiger partial charge in [-0.25, -0.2) is 4.39 Å². The number of hydrogen-bond donors (Lipinski definition) is 2. The van der Waals surface area contributed by atoms with Crippen molar-refractivity contribution < 1.29 is 9.18 Å². The number of benzene rings is 1. The highest BCUT2D eigenvalue weighted by molar-refractivity contribution is 5.85. The van der Waals surface area contributed by atoms with Crippen LogP contribution in [0, 0.1) is 5.82 Å². The molecule has 0 fully saturated rings. The van der Waals surface area contributed by atoms with Crippen molar-refractivity contribution in [3.05, 3.63) is 65.4 Å². The van der Waals surface area contributed by atoms with Gasteiger partial charge in [0.1, 0.15) is 5.82 Å². The molecule has 1 aliphatic carbocycles. The van der Waals surface area contributed by atoms with Gasteiger partial charge in [0.25, 0.3) is 0 Å². The molecule has 0 bridgehead atoms. The monoisotopic (exact) mass is 337 g/mol. The van der Waals surface area contributed by atoms with E-state index in [0.29, 0.717) is 12.8 Å². The number of halogens is 1. The number of aryl methyl sites for hydroxylation is 2. The first-order chi connectivity index (χ1) is 12.2. The number of pyridine rings is 1. The van der Waals surface area contributed by atoms with E-state index < -0.39 is 0 Å². The number of nitrogens with one attached hydrogen (secondary N) is 2. The standard InChI is InChI=1S/C20H20FN3O/c21-14-4-6-18-16(10-14)17-11-15(5-7-19(17)24-18)23-20(25)8-3-13-2-1-9-22-12-13/h1-2,4,6,9-10,12,15,24H,3,5,7-8,11H2,(H,23,25). The summed E-state index contributed by atoms with van der Waals surface area (Å²) < 4.78 is 13.6. The van der Waals surface area contributed by atoms with Crippen LogP contribution >= 0.6 is 0 Å². The summed E-state index contributed by atoms with van der Waals surface area (Å²) in [5, 5.41) is 4.07. The number of hydrogen-bond acceptors (Lipinski definition) is 2. The zero-order valence-corrected chi connectivity index (χ0v) is 13.9. The van der Waals surface area contributed by atoms with Crippen LogP contribution < -0.4 is 5.32 Å². The lowest BCUT2D eigenvalue weighted by Crippen LogP contribution is -2.38. The van der Waals surface area contributed by atoms with E-state index in [1.807, 2.05) is 12.1 Å². The predicted octanol–water partition coefficient (Wildman–Crippen LogP) is 3.31. The van der Waals surface area contributed by atoms with Crippen LogP contribution in [-0.2, 0) is 24.1 Å². The second-order valence-electron chi connectivity index (χ2n) is 6.64. The van der Waals surface area contributed by atoms with E-state index in [1.165, 1.54) is 11.8 Å². The van der Waals surface area contributed by atoms with Gasteiger partial charge < -0.3 is 10.3 Å². The highest BCUT2D eigenvalue weighted by Crippen LogP contribution is 2.29. The molecule has 25 heavy (non-hydrogen) atoms. The van der Waals surface area contributed by atoms with E-state index in [1.54, 1.807) is 24.5 Å². The summed E-state index contributed by atoms with van der Waals surface area (Å²) in [7, 11) is 0. The first-order valence-corrected chi connectivity index (χ1v) is 8.66. The molecule has 0 saturated heterocycles. The number of aromatic amines is 1. The maximum atomic E-state index is 13.6. The van der Waals surface area contributed by atoms with E-state index >= 15 is 0 Å². The van der Waals surface area contributed by atoms with Crippen molar-refractivity contribution >= 4 is 16.8 Å². The van der Waals surface area contributed by atoms with E-state index in [9.17, 15) is 9.18 Å². The number of carbonyl (C=O) groups excluding carboxylic acids is 1. The third-order valence-electron chi connectivity index (χ3n) is 4.88. The summed E-state index contributed by atoms with van der Waals surface area (Å²) in [5.41, 5.74) is 4.34. The Balaban J connectivity index is 1.41. The third kappa shape index (κ3) is 3.40. The fourth-order valence-corrected chi connectivity index (χ4v) is 3.62. The number of H-pyrrole nitrogens is 1. The molecule has 1 aromatic carbocycles. The average Bonchev–Trinajstić information content (AvgIpc) is 2.98. The fraction of sp³-hybridized carbons (Fsp3) is 0.300.